The van der Waals surface area contributed by atoms with E-state index in [1.54, 1.807) is 0 Å². The number of rotatable bonds is 17. The molecular weight excluding hydrogens is 544 g/mol. The summed E-state index contributed by atoms with van der Waals surface area (Å²) >= 11 is 0. The van der Waals surface area contributed by atoms with E-state index in [2.05, 4.69) is 42.5 Å². The summed E-state index contributed by atoms with van der Waals surface area (Å²) in [6.45, 7) is 5.27. The molecular formula is C36H56O7. The number of carbonyl (C=O) groups is 1. The van der Waals surface area contributed by atoms with E-state index in [0.29, 0.717) is 12.8 Å². The van der Waals surface area contributed by atoms with Crippen molar-refractivity contribution in [3.8, 4) is 0 Å². The lowest BCUT2D eigenvalue weighted by molar-refractivity contribution is -0.200. The number of hydrogen-bond donors (Lipinski definition) is 1. The molecule has 43 heavy (non-hydrogen) atoms. The highest BCUT2D eigenvalue weighted by molar-refractivity contribution is 5.69. The largest absolute Gasteiger partial charge is 0.463 e. The predicted molar refractivity (Wildman–Crippen MR) is 167 cm³/mol. The zero-order valence-corrected chi connectivity index (χ0v) is 26.6. The van der Waals surface area contributed by atoms with Gasteiger partial charge < -0.3 is 28.8 Å². The van der Waals surface area contributed by atoms with Gasteiger partial charge in [-0.2, -0.15) is 0 Å². The minimum Gasteiger partial charge on any atom is -0.463 e. The molecule has 0 bridgehead atoms. The molecule has 2 saturated heterocycles. The molecule has 1 aliphatic carbocycles. The number of esters is 1. The van der Waals surface area contributed by atoms with Crippen molar-refractivity contribution in [3.05, 3.63) is 48.0 Å². The van der Waals surface area contributed by atoms with Crippen molar-refractivity contribution < 1.29 is 33.6 Å². The van der Waals surface area contributed by atoms with E-state index in [0.717, 1.165) is 96.7 Å². The Hall–Kier alpha value is -1.77. The SMILES string of the molecule is CC(C)OC(=O)CCC/C=C\C[C@@H]1[C@@H](CC[C@H](CCc2ccccc2)OC2CCCCO2)[C@H](OC2CCCCO2)C[C@@H]1O. The van der Waals surface area contributed by atoms with E-state index in [9.17, 15) is 9.90 Å². The molecule has 2 heterocycles. The maximum Gasteiger partial charge on any atom is 0.306 e. The first kappa shape index (κ1) is 34.1. The van der Waals surface area contributed by atoms with Gasteiger partial charge in [-0.3, -0.25) is 4.79 Å². The number of carbonyl (C=O) groups excluding carboxylic acids is 1. The van der Waals surface area contributed by atoms with Gasteiger partial charge in [-0.05, 0) is 115 Å². The lowest BCUT2D eigenvalue weighted by Gasteiger charge is -2.32. The van der Waals surface area contributed by atoms with E-state index < -0.39 is 6.10 Å². The van der Waals surface area contributed by atoms with Gasteiger partial charge in [-0.1, -0.05) is 42.5 Å². The molecule has 7 heteroatoms. The van der Waals surface area contributed by atoms with Gasteiger partial charge in [0.05, 0.1) is 24.4 Å². The van der Waals surface area contributed by atoms with Crippen LogP contribution in [0, 0.1) is 11.8 Å². The van der Waals surface area contributed by atoms with Crippen molar-refractivity contribution in [2.45, 2.75) is 147 Å². The molecule has 7 atom stereocenters. The van der Waals surface area contributed by atoms with E-state index in [4.69, 9.17) is 23.7 Å². The summed E-state index contributed by atoms with van der Waals surface area (Å²) in [5.74, 6) is 0.208. The van der Waals surface area contributed by atoms with E-state index >= 15 is 0 Å². The molecule has 4 rings (SSSR count). The van der Waals surface area contributed by atoms with Crippen LogP contribution < -0.4 is 0 Å². The number of ether oxygens (including phenoxy) is 5. The summed E-state index contributed by atoms with van der Waals surface area (Å²) < 4.78 is 30.3. The summed E-state index contributed by atoms with van der Waals surface area (Å²) in [5, 5.41) is 11.2. The molecule has 3 fully saturated rings. The Labute approximate surface area is 259 Å². The van der Waals surface area contributed by atoms with Crippen LogP contribution in [0.15, 0.2) is 42.5 Å². The van der Waals surface area contributed by atoms with Gasteiger partial charge in [0.1, 0.15) is 0 Å². The number of unbranched alkanes of at least 4 members (excludes halogenated alkanes) is 1. The zero-order chi connectivity index (χ0) is 30.3. The smallest absolute Gasteiger partial charge is 0.306 e. The second-order valence-corrected chi connectivity index (χ2v) is 12.9. The number of aliphatic hydroxyl groups is 1. The molecule has 242 valence electrons. The lowest BCUT2D eigenvalue weighted by atomic mass is 9.85. The molecule has 1 N–H and O–H groups in total. The van der Waals surface area contributed by atoms with Gasteiger partial charge in [-0.25, -0.2) is 0 Å². The third kappa shape index (κ3) is 12.3. The van der Waals surface area contributed by atoms with Crippen molar-refractivity contribution in [1.82, 2.24) is 0 Å². The van der Waals surface area contributed by atoms with Crippen LogP contribution in [-0.4, -0.2) is 61.3 Å². The first-order valence-corrected chi connectivity index (χ1v) is 17.1. The van der Waals surface area contributed by atoms with Crippen LogP contribution in [0.2, 0.25) is 0 Å². The Kier molecular flexibility index (Phi) is 15.0. The van der Waals surface area contributed by atoms with Gasteiger partial charge in [0.15, 0.2) is 12.6 Å². The summed E-state index contributed by atoms with van der Waals surface area (Å²) in [7, 11) is 0. The molecule has 0 spiro atoms. The highest BCUT2D eigenvalue weighted by Crippen LogP contribution is 2.41. The molecule has 0 radical (unpaired) electrons. The van der Waals surface area contributed by atoms with E-state index in [1.165, 1.54) is 5.56 Å². The number of hydrogen-bond acceptors (Lipinski definition) is 7. The van der Waals surface area contributed by atoms with E-state index in [1.807, 2.05) is 13.8 Å². The summed E-state index contributed by atoms with van der Waals surface area (Å²) in [5.41, 5.74) is 1.33. The fraction of sp³-hybridized carbons (Fsp3) is 0.750. The molecule has 1 aromatic rings. The van der Waals surface area contributed by atoms with Crippen molar-refractivity contribution in [2.24, 2.45) is 11.8 Å². The molecule has 3 aliphatic rings. The first-order chi connectivity index (χ1) is 21.0. The van der Waals surface area contributed by atoms with Crippen LogP contribution in [0.5, 0.6) is 0 Å². The van der Waals surface area contributed by atoms with Gasteiger partial charge in [0.2, 0.25) is 0 Å². The van der Waals surface area contributed by atoms with Crippen molar-refractivity contribution >= 4 is 5.97 Å². The number of benzene rings is 1. The summed E-state index contributed by atoms with van der Waals surface area (Å²) in [6, 6.07) is 10.6. The van der Waals surface area contributed by atoms with E-state index in [-0.39, 0.29) is 48.7 Å². The minimum absolute atomic E-state index is 0.0250. The average molecular weight is 601 g/mol. The monoisotopic (exact) mass is 600 g/mol. The van der Waals surface area contributed by atoms with Gasteiger partial charge in [0.25, 0.3) is 0 Å². The lowest BCUT2D eigenvalue weighted by Crippen LogP contribution is -2.33. The zero-order valence-electron chi connectivity index (χ0n) is 26.6. The van der Waals surface area contributed by atoms with Crippen LogP contribution in [0.3, 0.4) is 0 Å². The molecule has 1 aromatic carbocycles. The number of aryl methyl sites for hydroxylation is 1. The van der Waals surface area contributed by atoms with Crippen LogP contribution in [-0.2, 0) is 34.9 Å². The quantitative estimate of drug-likeness (QED) is 0.114. The second kappa shape index (κ2) is 18.9. The highest BCUT2D eigenvalue weighted by atomic mass is 16.7. The Morgan fingerprint density at radius 2 is 1.72 bits per heavy atom. The standard InChI is InChI=1S/C36H56O7/c1-27(2)41-34(38)17-9-4-3-8-16-30-31(33(26-32(30)37)43-36-19-11-13-25-40-36)23-22-29(42-35-18-10-12-24-39-35)21-20-28-14-6-5-7-15-28/h3,5-8,14-15,27,29-33,35-37H,4,9-13,16-26H2,1-2H3/b8-3-/t29-,30+,31+,32-,33+,35?,36?/m0/s1. The number of aliphatic hydroxyl groups excluding tert-OH is 1. The third-order valence-corrected chi connectivity index (χ3v) is 9.06. The van der Waals surface area contributed by atoms with Crippen LogP contribution in [0.1, 0.15) is 109 Å². The van der Waals surface area contributed by atoms with Gasteiger partial charge in [-0.15, -0.1) is 0 Å². The molecule has 7 nitrogen and oxygen atoms in total. The summed E-state index contributed by atoms with van der Waals surface area (Å²) in [6.07, 6.45) is 17.2. The Morgan fingerprint density at radius 1 is 0.977 bits per heavy atom. The van der Waals surface area contributed by atoms with Gasteiger partial charge in [0, 0.05) is 26.1 Å². The Balaban J connectivity index is 1.36. The molecule has 0 aromatic heterocycles. The Bertz CT molecular complexity index is 923. The second-order valence-electron chi connectivity index (χ2n) is 12.9. The van der Waals surface area contributed by atoms with Crippen molar-refractivity contribution in [2.75, 3.05) is 13.2 Å². The fourth-order valence-corrected chi connectivity index (χ4v) is 6.77. The normalized spacial score (nSPS) is 28.8. The maximum atomic E-state index is 11.8. The molecule has 0 amide bonds. The maximum absolute atomic E-state index is 11.8. The highest BCUT2D eigenvalue weighted by Gasteiger charge is 2.43. The van der Waals surface area contributed by atoms with Crippen LogP contribution >= 0.6 is 0 Å². The first-order valence-electron chi connectivity index (χ1n) is 17.1. The minimum atomic E-state index is -0.408. The Morgan fingerprint density at radius 3 is 2.42 bits per heavy atom. The van der Waals surface area contributed by atoms with Crippen molar-refractivity contribution in [3.63, 3.8) is 0 Å². The predicted octanol–water partition coefficient (Wildman–Crippen LogP) is 7.29. The molecule has 1 saturated carbocycles. The topological polar surface area (TPSA) is 83.5 Å². The third-order valence-electron chi connectivity index (χ3n) is 9.06. The van der Waals surface area contributed by atoms with Crippen molar-refractivity contribution in [1.29, 1.82) is 0 Å². The van der Waals surface area contributed by atoms with Gasteiger partial charge >= 0.3 is 5.97 Å². The van der Waals surface area contributed by atoms with Crippen LogP contribution in [0.25, 0.3) is 0 Å². The average Bonchev–Trinajstić information content (AvgIpc) is 3.30. The fourth-order valence-electron chi connectivity index (χ4n) is 6.77. The number of allylic oxidation sites excluding steroid dienone is 2. The molecule has 2 unspecified atom stereocenters. The molecule has 2 aliphatic heterocycles. The van der Waals surface area contributed by atoms with Crippen LogP contribution in [0.4, 0.5) is 0 Å². The summed E-state index contributed by atoms with van der Waals surface area (Å²) in [4.78, 5) is 11.8.